The van der Waals surface area contributed by atoms with E-state index in [-0.39, 0.29) is 17.1 Å². The zero-order valence-electron chi connectivity index (χ0n) is 20.3. The van der Waals surface area contributed by atoms with E-state index in [1.165, 1.54) is 4.80 Å². The maximum atomic E-state index is 12.2. The minimum absolute atomic E-state index is 0.0511. The van der Waals surface area contributed by atoms with Crippen LogP contribution < -0.4 is 10.9 Å². The Morgan fingerprint density at radius 1 is 1.06 bits per heavy atom. The van der Waals surface area contributed by atoms with Gasteiger partial charge in [0.2, 0.25) is 5.91 Å². The largest absolute Gasteiger partial charge is 0.505 e. The van der Waals surface area contributed by atoms with Crippen molar-refractivity contribution in [2.24, 2.45) is 0 Å². The zero-order chi connectivity index (χ0) is 23.8. The maximum absolute atomic E-state index is 12.2. The van der Waals surface area contributed by atoms with Crippen molar-refractivity contribution in [2.75, 3.05) is 6.54 Å². The number of amides is 1. The summed E-state index contributed by atoms with van der Waals surface area (Å²) in [5.41, 5.74) is 9.39. The number of carbonyl (C=O) groups excluding carboxylic acids is 1. The summed E-state index contributed by atoms with van der Waals surface area (Å²) in [5, 5.41) is 20.5. The molecule has 0 unspecified atom stereocenters. The summed E-state index contributed by atoms with van der Waals surface area (Å²) in [4.78, 5) is 13.7. The Balaban J connectivity index is 1.95. The van der Waals surface area contributed by atoms with Gasteiger partial charge in [-0.15, -0.1) is 15.0 Å². The van der Waals surface area contributed by atoms with Crippen molar-refractivity contribution in [3.05, 3.63) is 47.5 Å². The highest BCUT2D eigenvalue weighted by Crippen LogP contribution is 2.39. The van der Waals surface area contributed by atoms with Gasteiger partial charge in [-0.25, -0.2) is 5.43 Å². The first-order valence-corrected chi connectivity index (χ1v) is 12.1. The number of hydrogen-bond donors (Lipinski definition) is 3. The number of fused-ring (bicyclic) bond motifs is 1. The van der Waals surface area contributed by atoms with Crippen molar-refractivity contribution >= 4 is 16.9 Å². The minimum Gasteiger partial charge on any atom is -0.505 e. The van der Waals surface area contributed by atoms with E-state index in [1.807, 2.05) is 43.3 Å². The van der Waals surface area contributed by atoms with E-state index >= 15 is 0 Å². The van der Waals surface area contributed by atoms with Crippen LogP contribution in [0.2, 0.25) is 0 Å². The van der Waals surface area contributed by atoms with Crippen molar-refractivity contribution < 1.29 is 9.90 Å². The highest BCUT2D eigenvalue weighted by atomic mass is 16.3. The SMILES string of the molecule is CCCCCC(C)(C)c1cc(CCC(=O)NNCCC)cc(-n2nc3ccccc3n2)c1O. The molecule has 178 valence electrons. The Morgan fingerprint density at radius 3 is 2.39 bits per heavy atom. The van der Waals surface area contributed by atoms with Gasteiger partial charge in [-0.2, -0.15) is 0 Å². The molecule has 0 radical (unpaired) electrons. The summed E-state index contributed by atoms with van der Waals surface area (Å²) >= 11 is 0. The van der Waals surface area contributed by atoms with Gasteiger partial charge in [-0.1, -0.05) is 65.2 Å². The molecule has 0 saturated heterocycles. The summed E-state index contributed by atoms with van der Waals surface area (Å²) < 4.78 is 0. The van der Waals surface area contributed by atoms with Crippen molar-refractivity contribution in [3.8, 4) is 11.4 Å². The summed E-state index contributed by atoms with van der Waals surface area (Å²) in [7, 11) is 0. The summed E-state index contributed by atoms with van der Waals surface area (Å²) in [6, 6.07) is 11.6. The number of rotatable bonds is 12. The highest BCUT2D eigenvalue weighted by Gasteiger charge is 2.27. The molecule has 0 fully saturated rings. The lowest BCUT2D eigenvalue weighted by molar-refractivity contribution is -0.122. The molecular weight excluding hydrogens is 414 g/mol. The van der Waals surface area contributed by atoms with Gasteiger partial charge in [0.25, 0.3) is 0 Å². The van der Waals surface area contributed by atoms with Crippen LogP contribution in [0.25, 0.3) is 16.7 Å². The number of unbranched alkanes of at least 4 members (excludes halogenated alkanes) is 2. The smallest absolute Gasteiger partial charge is 0.234 e. The Morgan fingerprint density at radius 2 is 1.76 bits per heavy atom. The number of carbonyl (C=O) groups is 1. The first-order valence-electron chi connectivity index (χ1n) is 12.1. The van der Waals surface area contributed by atoms with Crippen LogP contribution in [0.1, 0.15) is 77.3 Å². The highest BCUT2D eigenvalue weighted by molar-refractivity contribution is 5.76. The molecule has 0 saturated carbocycles. The molecule has 1 amide bonds. The van der Waals surface area contributed by atoms with Gasteiger partial charge in [0, 0.05) is 18.5 Å². The van der Waals surface area contributed by atoms with E-state index in [9.17, 15) is 9.90 Å². The monoisotopic (exact) mass is 451 g/mol. The number of nitrogens with zero attached hydrogens (tertiary/aromatic N) is 3. The molecule has 2 aromatic carbocycles. The second-order valence-corrected chi connectivity index (χ2v) is 9.31. The predicted molar refractivity (Wildman–Crippen MR) is 132 cm³/mol. The van der Waals surface area contributed by atoms with Gasteiger partial charge in [0.15, 0.2) is 0 Å². The van der Waals surface area contributed by atoms with E-state index in [4.69, 9.17) is 0 Å². The first kappa shape index (κ1) is 24.7. The predicted octanol–water partition coefficient (Wildman–Crippen LogP) is 4.95. The molecule has 0 aliphatic rings. The Kier molecular flexibility index (Phi) is 8.44. The lowest BCUT2D eigenvalue weighted by Gasteiger charge is -2.28. The normalized spacial score (nSPS) is 11.8. The van der Waals surface area contributed by atoms with Crippen LogP contribution in [0.3, 0.4) is 0 Å². The van der Waals surface area contributed by atoms with Crippen LogP contribution in [0, 0.1) is 0 Å². The number of aromatic nitrogens is 3. The summed E-state index contributed by atoms with van der Waals surface area (Å²) in [5.74, 6) is 0.152. The molecule has 3 aromatic rings. The average Bonchev–Trinajstić information content (AvgIpc) is 3.22. The molecule has 0 bridgehead atoms. The molecule has 7 nitrogen and oxygen atoms in total. The van der Waals surface area contributed by atoms with Crippen LogP contribution in [-0.2, 0) is 16.6 Å². The summed E-state index contributed by atoms with van der Waals surface area (Å²) in [6.45, 7) is 9.31. The second-order valence-electron chi connectivity index (χ2n) is 9.31. The van der Waals surface area contributed by atoms with E-state index in [2.05, 4.69) is 41.8 Å². The number of nitrogens with one attached hydrogen (secondary N) is 2. The van der Waals surface area contributed by atoms with Crippen molar-refractivity contribution in [1.82, 2.24) is 25.8 Å². The van der Waals surface area contributed by atoms with Gasteiger partial charge in [-0.3, -0.25) is 10.2 Å². The van der Waals surface area contributed by atoms with E-state index in [0.717, 1.165) is 60.8 Å². The molecule has 0 aliphatic heterocycles. The molecule has 0 atom stereocenters. The number of phenols is 1. The van der Waals surface area contributed by atoms with Crippen LogP contribution in [0.15, 0.2) is 36.4 Å². The van der Waals surface area contributed by atoms with Gasteiger partial charge in [0.1, 0.15) is 22.5 Å². The third kappa shape index (κ3) is 6.32. The van der Waals surface area contributed by atoms with Crippen molar-refractivity contribution in [2.45, 2.75) is 78.1 Å². The summed E-state index contributed by atoms with van der Waals surface area (Å²) in [6.07, 6.45) is 6.23. The number of aromatic hydroxyl groups is 1. The fraction of sp³-hybridized carbons (Fsp3) is 0.500. The molecule has 33 heavy (non-hydrogen) atoms. The molecule has 0 spiro atoms. The van der Waals surface area contributed by atoms with Crippen LogP contribution >= 0.6 is 0 Å². The van der Waals surface area contributed by atoms with Crippen LogP contribution in [0.5, 0.6) is 5.75 Å². The number of hydrazine groups is 1. The van der Waals surface area contributed by atoms with Crippen molar-refractivity contribution in [1.29, 1.82) is 0 Å². The standard InChI is InChI=1S/C26H37N5O2/c1-5-7-10-15-26(3,4)20-17-19(13-14-24(32)28-27-16-6-2)18-23(25(20)33)31-29-21-11-8-9-12-22(21)30-31/h8-9,11-12,17-18,27,33H,5-7,10,13-16H2,1-4H3,(H,28,32). The topological polar surface area (TPSA) is 92.1 Å². The van der Waals surface area contributed by atoms with Crippen LogP contribution in [-0.4, -0.2) is 32.6 Å². The van der Waals surface area contributed by atoms with E-state index in [1.54, 1.807) is 0 Å². The van der Waals surface area contributed by atoms with Gasteiger partial charge in [-0.05, 0) is 48.4 Å². The lowest BCUT2D eigenvalue weighted by atomic mass is 9.78. The van der Waals surface area contributed by atoms with Crippen molar-refractivity contribution in [3.63, 3.8) is 0 Å². The number of aryl methyl sites for hydroxylation is 1. The van der Waals surface area contributed by atoms with E-state index < -0.39 is 0 Å². The minimum atomic E-state index is -0.221. The van der Waals surface area contributed by atoms with Gasteiger partial charge >= 0.3 is 0 Å². The van der Waals surface area contributed by atoms with E-state index in [0.29, 0.717) is 18.5 Å². The van der Waals surface area contributed by atoms with Crippen LogP contribution in [0.4, 0.5) is 0 Å². The average molecular weight is 452 g/mol. The molecule has 3 N–H and O–H groups in total. The molecule has 7 heteroatoms. The third-order valence-corrected chi connectivity index (χ3v) is 6.03. The Bertz CT molecular complexity index is 1040. The maximum Gasteiger partial charge on any atom is 0.234 e. The number of phenolic OH excluding ortho intramolecular Hbond substituents is 1. The molecular formula is C26H37N5O2. The van der Waals surface area contributed by atoms with Gasteiger partial charge in [0.05, 0.1) is 0 Å². The third-order valence-electron chi connectivity index (χ3n) is 6.03. The fourth-order valence-electron chi connectivity index (χ4n) is 4.02. The van der Waals surface area contributed by atoms with Gasteiger partial charge < -0.3 is 5.11 Å². The molecule has 0 aliphatic carbocycles. The lowest BCUT2D eigenvalue weighted by Crippen LogP contribution is -2.37. The molecule has 3 rings (SSSR count). The Labute approximate surface area is 196 Å². The second kappa shape index (κ2) is 11.3. The first-order chi connectivity index (χ1) is 15.9. The quantitative estimate of drug-likeness (QED) is 0.268. The number of benzene rings is 2. The fourth-order valence-corrected chi connectivity index (χ4v) is 4.02. The molecule has 1 aromatic heterocycles. The molecule has 1 heterocycles. The zero-order valence-corrected chi connectivity index (χ0v) is 20.3. The Hall–Kier alpha value is -2.93. The number of hydrogen-bond acceptors (Lipinski definition) is 5.